The van der Waals surface area contributed by atoms with Gasteiger partial charge in [0, 0.05) is 11.6 Å². The van der Waals surface area contributed by atoms with Crippen LogP contribution in [0.3, 0.4) is 0 Å². The number of rotatable bonds is 5. The van der Waals surface area contributed by atoms with Crippen LogP contribution in [0.1, 0.15) is 111 Å². The molecule has 3 saturated carbocycles. The Hall–Kier alpha value is -5.88. The minimum atomic E-state index is 0.318. The van der Waals surface area contributed by atoms with Crippen LogP contribution in [0.5, 0.6) is 34.5 Å². The van der Waals surface area contributed by atoms with Crippen LogP contribution in [0, 0.1) is 0 Å². The third-order valence-electron chi connectivity index (χ3n) is 13.6. The number of fused-ring (bicyclic) bond motifs is 6. The fourth-order valence-electron chi connectivity index (χ4n) is 10.7. The van der Waals surface area contributed by atoms with Crippen LogP contribution < -0.4 is 29.3 Å². The van der Waals surface area contributed by atoms with Gasteiger partial charge in [-0.15, -0.1) is 0 Å². The van der Waals surface area contributed by atoms with Crippen molar-refractivity contribution in [3.8, 4) is 34.5 Å². The Bertz CT molecular complexity index is 2550. The number of benzene rings is 6. The van der Waals surface area contributed by atoms with Crippen molar-refractivity contribution in [3.63, 3.8) is 0 Å². The van der Waals surface area contributed by atoms with Gasteiger partial charge in [-0.1, -0.05) is 99.2 Å². The number of hydrogen-bond donors (Lipinski definition) is 1. The maximum atomic E-state index is 7.05. The Morgan fingerprint density at radius 1 is 0.404 bits per heavy atom. The Morgan fingerprint density at radius 3 is 1.56 bits per heavy atom. The minimum Gasteiger partial charge on any atom is -0.453 e. The predicted molar refractivity (Wildman–Crippen MR) is 229 cm³/mol. The first-order chi connectivity index (χ1) is 28.3. The average Bonchev–Trinajstić information content (AvgIpc) is 3.78. The average molecular weight is 750 g/mol. The second kappa shape index (κ2) is 13.4. The van der Waals surface area contributed by atoms with Gasteiger partial charge in [0.15, 0.2) is 34.5 Å². The molecule has 6 aromatic rings. The SMILES string of the molecule is c1ccc2c(c1)Nc1c(cc(N3c4ccccc4Oc4cccc(C5CCC5)c43)c(N3c4ccccc4Oc4cccc(C5CCCC5)c43)c1C1CCCCC1)O2. The van der Waals surface area contributed by atoms with E-state index in [1.165, 1.54) is 92.3 Å². The van der Waals surface area contributed by atoms with E-state index in [1.54, 1.807) is 0 Å². The molecule has 57 heavy (non-hydrogen) atoms. The highest BCUT2D eigenvalue weighted by molar-refractivity contribution is 6.03. The minimum absolute atomic E-state index is 0.318. The molecule has 3 heterocycles. The predicted octanol–water partition coefficient (Wildman–Crippen LogP) is 15.7. The quantitative estimate of drug-likeness (QED) is 0.189. The van der Waals surface area contributed by atoms with E-state index in [1.807, 2.05) is 0 Å². The van der Waals surface area contributed by atoms with Gasteiger partial charge in [0.1, 0.15) is 0 Å². The highest BCUT2D eigenvalue weighted by Gasteiger charge is 2.42. The summed E-state index contributed by atoms with van der Waals surface area (Å²) in [6, 6.07) is 41.4. The lowest BCUT2D eigenvalue weighted by molar-refractivity contribution is 0.416. The highest BCUT2D eigenvalue weighted by atomic mass is 16.5. The molecule has 12 rings (SSSR count). The first-order valence-corrected chi connectivity index (χ1v) is 21.4. The Labute approximate surface area is 335 Å². The van der Waals surface area contributed by atoms with Gasteiger partial charge in [0.25, 0.3) is 0 Å². The van der Waals surface area contributed by atoms with E-state index in [4.69, 9.17) is 14.2 Å². The number of nitrogens with one attached hydrogen (secondary N) is 1. The molecule has 0 spiro atoms. The Balaban J connectivity index is 1.22. The van der Waals surface area contributed by atoms with Crippen molar-refractivity contribution < 1.29 is 14.2 Å². The van der Waals surface area contributed by atoms with Crippen LogP contribution in [0.4, 0.5) is 45.5 Å². The fourth-order valence-corrected chi connectivity index (χ4v) is 10.7. The molecule has 3 aliphatic carbocycles. The Kier molecular flexibility index (Phi) is 7.80. The molecule has 6 nitrogen and oxygen atoms in total. The van der Waals surface area contributed by atoms with Crippen LogP contribution in [0.25, 0.3) is 0 Å². The lowest BCUT2D eigenvalue weighted by atomic mass is 9.78. The maximum absolute atomic E-state index is 7.05. The molecule has 1 N–H and O–H groups in total. The second-order valence-corrected chi connectivity index (χ2v) is 16.9. The van der Waals surface area contributed by atoms with E-state index in [2.05, 4.69) is 130 Å². The highest BCUT2D eigenvalue weighted by Crippen LogP contribution is 2.65. The van der Waals surface area contributed by atoms with E-state index in [0.717, 1.165) is 81.5 Å². The zero-order chi connectivity index (χ0) is 37.5. The molecule has 3 aliphatic heterocycles. The molecule has 0 unspecified atom stereocenters. The summed E-state index contributed by atoms with van der Waals surface area (Å²) in [5.41, 5.74) is 12.9. The van der Waals surface area contributed by atoms with E-state index < -0.39 is 0 Å². The normalized spacial score (nSPS) is 18.3. The first kappa shape index (κ1) is 33.3. The van der Waals surface area contributed by atoms with Crippen molar-refractivity contribution in [2.45, 2.75) is 94.8 Å². The van der Waals surface area contributed by atoms with E-state index >= 15 is 0 Å². The summed E-state index contributed by atoms with van der Waals surface area (Å²) in [4.78, 5) is 5.16. The summed E-state index contributed by atoms with van der Waals surface area (Å²) in [7, 11) is 0. The van der Waals surface area contributed by atoms with Crippen molar-refractivity contribution in [2.75, 3.05) is 15.1 Å². The molecule has 284 valence electrons. The fraction of sp³-hybridized carbons (Fsp3) is 0.294. The number of ether oxygens (including phenoxy) is 3. The smallest absolute Gasteiger partial charge is 0.153 e. The lowest BCUT2D eigenvalue weighted by Gasteiger charge is -2.44. The monoisotopic (exact) mass is 749 g/mol. The maximum Gasteiger partial charge on any atom is 0.153 e. The molecule has 0 saturated heterocycles. The summed E-state index contributed by atoms with van der Waals surface area (Å²) in [5, 5.41) is 3.99. The van der Waals surface area contributed by atoms with Gasteiger partial charge >= 0.3 is 0 Å². The number of nitrogens with zero attached hydrogens (tertiary/aromatic N) is 2. The molecule has 0 atom stereocenters. The van der Waals surface area contributed by atoms with Gasteiger partial charge < -0.3 is 29.3 Å². The lowest BCUT2D eigenvalue weighted by Crippen LogP contribution is -2.27. The van der Waals surface area contributed by atoms with E-state index in [9.17, 15) is 0 Å². The summed E-state index contributed by atoms with van der Waals surface area (Å²) in [6.45, 7) is 0. The van der Waals surface area contributed by atoms with Crippen molar-refractivity contribution >= 4 is 45.5 Å². The zero-order valence-corrected chi connectivity index (χ0v) is 32.3. The van der Waals surface area contributed by atoms with Gasteiger partial charge in [-0.2, -0.15) is 0 Å². The van der Waals surface area contributed by atoms with Crippen molar-refractivity contribution in [2.24, 2.45) is 0 Å². The number of anilines is 8. The van der Waals surface area contributed by atoms with Crippen LogP contribution in [-0.4, -0.2) is 0 Å². The number of para-hydroxylation sites is 8. The molecular weight excluding hydrogens is 703 g/mol. The third-order valence-corrected chi connectivity index (χ3v) is 13.6. The van der Waals surface area contributed by atoms with Crippen molar-refractivity contribution in [3.05, 3.63) is 132 Å². The molecule has 6 heteroatoms. The van der Waals surface area contributed by atoms with E-state index in [-0.39, 0.29) is 0 Å². The molecule has 3 fully saturated rings. The molecule has 6 aromatic carbocycles. The van der Waals surface area contributed by atoms with Gasteiger partial charge in [0.05, 0.1) is 45.5 Å². The Morgan fingerprint density at radius 2 is 0.912 bits per heavy atom. The molecule has 6 aliphatic rings. The number of hydrogen-bond acceptors (Lipinski definition) is 6. The molecule has 0 amide bonds. The molecule has 0 radical (unpaired) electrons. The van der Waals surface area contributed by atoms with Crippen LogP contribution in [0.15, 0.2) is 115 Å². The molecule has 0 aromatic heterocycles. The van der Waals surface area contributed by atoms with Crippen molar-refractivity contribution in [1.29, 1.82) is 0 Å². The summed E-state index contributed by atoms with van der Waals surface area (Å²) in [6.07, 6.45) is 14.5. The second-order valence-electron chi connectivity index (χ2n) is 16.9. The van der Waals surface area contributed by atoms with Crippen LogP contribution in [0.2, 0.25) is 0 Å². The van der Waals surface area contributed by atoms with Crippen LogP contribution in [-0.2, 0) is 0 Å². The van der Waals surface area contributed by atoms with Crippen molar-refractivity contribution in [1.82, 2.24) is 0 Å². The molecule has 0 bridgehead atoms. The summed E-state index contributed by atoms with van der Waals surface area (Å²) < 4.78 is 20.8. The summed E-state index contributed by atoms with van der Waals surface area (Å²) in [5.74, 6) is 6.55. The van der Waals surface area contributed by atoms with E-state index in [0.29, 0.717) is 17.8 Å². The van der Waals surface area contributed by atoms with Gasteiger partial charge in [-0.3, -0.25) is 0 Å². The van der Waals surface area contributed by atoms with Gasteiger partial charge in [-0.25, -0.2) is 0 Å². The topological polar surface area (TPSA) is 46.2 Å². The summed E-state index contributed by atoms with van der Waals surface area (Å²) >= 11 is 0. The zero-order valence-electron chi connectivity index (χ0n) is 32.3. The van der Waals surface area contributed by atoms with Gasteiger partial charge in [0.2, 0.25) is 0 Å². The molecular formula is C51H47N3O3. The standard InChI is InChI=1S/C51H47N3O3/c1-2-17-34(18-3-1)47-48-46(55-41-26-9-6-23-37(41)52-48)31-40(53-38-24-7-10-27-42(38)56-44-29-13-21-35(49(44)53)33-19-12-20-33)51(47)54-39-25-8-11-28-43(39)57-45-30-14-22-36(50(45)54)32-15-4-5-16-32/h6-11,13-14,21-34,52H,1-5,12,15-20H2. The van der Waals surface area contributed by atoms with Crippen LogP contribution >= 0.6 is 0 Å². The largest absolute Gasteiger partial charge is 0.453 e. The van der Waals surface area contributed by atoms with Gasteiger partial charge in [-0.05, 0) is 116 Å². The third kappa shape index (κ3) is 5.29. The first-order valence-electron chi connectivity index (χ1n) is 21.4.